The van der Waals surface area contributed by atoms with Gasteiger partial charge in [0.1, 0.15) is 12.1 Å². The van der Waals surface area contributed by atoms with E-state index in [0.717, 1.165) is 39.0 Å². The number of ether oxygens (including phenoxy) is 2. The first-order valence-corrected chi connectivity index (χ1v) is 9.23. The number of anilines is 1. The van der Waals surface area contributed by atoms with Crippen molar-refractivity contribution in [2.45, 2.75) is 0 Å². The number of imidazole rings is 1. The van der Waals surface area contributed by atoms with Gasteiger partial charge < -0.3 is 14.8 Å². The van der Waals surface area contributed by atoms with Gasteiger partial charge in [0.05, 0.1) is 11.3 Å². The molecule has 0 aliphatic carbocycles. The predicted molar refractivity (Wildman–Crippen MR) is 111 cm³/mol. The van der Waals surface area contributed by atoms with Crippen molar-refractivity contribution in [1.29, 1.82) is 0 Å². The monoisotopic (exact) mass is 413 g/mol. The number of hydrogen-bond acceptors (Lipinski definition) is 7. The maximum atomic E-state index is 5.56. The number of nitrogens with zero attached hydrogens (tertiary/aromatic N) is 4. The summed E-state index contributed by atoms with van der Waals surface area (Å²) in [5, 5.41) is 5.26. The van der Waals surface area contributed by atoms with E-state index < -0.39 is 0 Å². The third-order valence-corrected chi connectivity index (χ3v) is 5.17. The molecule has 0 spiro atoms. The van der Waals surface area contributed by atoms with Crippen LogP contribution in [0.25, 0.3) is 27.6 Å². The zero-order valence-corrected chi connectivity index (χ0v) is 16.5. The Bertz CT molecular complexity index is 1100. The van der Waals surface area contributed by atoms with Crippen molar-refractivity contribution in [2.75, 3.05) is 19.2 Å². The van der Waals surface area contributed by atoms with Crippen LogP contribution in [0.15, 0.2) is 54.4 Å². The lowest BCUT2D eigenvalue weighted by atomic mass is 10.0. The van der Waals surface area contributed by atoms with Gasteiger partial charge in [-0.3, -0.25) is 4.57 Å². The molecule has 5 rings (SSSR count). The number of nitrogens with one attached hydrogen (secondary N) is 1. The van der Waals surface area contributed by atoms with E-state index in [9.17, 15) is 0 Å². The molecule has 9 heteroatoms. The Morgan fingerprint density at radius 3 is 2.79 bits per heavy atom. The largest absolute Gasteiger partial charge is 0.454 e. The van der Waals surface area contributed by atoms with E-state index in [-0.39, 0.29) is 19.2 Å². The Balaban J connectivity index is 0.00000192. The van der Waals surface area contributed by atoms with Crippen molar-refractivity contribution in [3.63, 3.8) is 0 Å². The van der Waals surface area contributed by atoms with E-state index in [1.807, 2.05) is 42.9 Å². The molecule has 0 fully saturated rings. The van der Waals surface area contributed by atoms with E-state index in [2.05, 4.69) is 16.4 Å². The van der Waals surface area contributed by atoms with E-state index in [1.165, 1.54) is 0 Å². The minimum Gasteiger partial charge on any atom is -0.454 e. The van der Waals surface area contributed by atoms with Crippen LogP contribution in [-0.2, 0) is 0 Å². The van der Waals surface area contributed by atoms with Crippen molar-refractivity contribution in [3.8, 4) is 39.1 Å². The molecule has 142 valence electrons. The van der Waals surface area contributed by atoms with Crippen molar-refractivity contribution in [1.82, 2.24) is 19.5 Å². The average molecular weight is 414 g/mol. The number of aromatic nitrogens is 4. The topological polar surface area (TPSA) is 74.1 Å². The molecule has 0 atom stereocenters. The summed E-state index contributed by atoms with van der Waals surface area (Å²) >= 11 is 1.65. The van der Waals surface area contributed by atoms with Gasteiger partial charge in [-0.25, -0.2) is 9.97 Å². The average Bonchev–Trinajstić information content (AvgIpc) is 3.48. The van der Waals surface area contributed by atoms with Crippen LogP contribution >= 0.6 is 23.7 Å². The SMILES string of the molecule is CNc1nc(-n2ccnc2)nc(-c2ccc3c(c2)OCO3)c1-c1cccs1.Cl. The van der Waals surface area contributed by atoms with Gasteiger partial charge in [0, 0.05) is 29.9 Å². The van der Waals surface area contributed by atoms with E-state index in [1.54, 1.807) is 28.4 Å². The minimum absolute atomic E-state index is 0. The third-order valence-electron chi connectivity index (χ3n) is 4.28. The highest BCUT2D eigenvalue weighted by Crippen LogP contribution is 2.42. The molecule has 28 heavy (non-hydrogen) atoms. The first-order chi connectivity index (χ1) is 13.3. The number of thiophene rings is 1. The van der Waals surface area contributed by atoms with Gasteiger partial charge in [-0.2, -0.15) is 4.98 Å². The minimum atomic E-state index is 0. The standard InChI is InChI=1S/C19H15N5O2S.ClH/c1-20-18-16(15-3-2-8-27-15)17(22-19(23-18)24-7-6-21-10-24)12-4-5-13-14(9-12)26-11-25-13;/h2-10H,11H2,1H3,(H,20,22,23);1H. The van der Waals surface area contributed by atoms with E-state index in [4.69, 9.17) is 19.4 Å². The van der Waals surface area contributed by atoms with Gasteiger partial charge in [-0.1, -0.05) is 6.07 Å². The lowest BCUT2D eigenvalue weighted by Crippen LogP contribution is -2.06. The van der Waals surface area contributed by atoms with E-state index in [0.29, 0.717) is 5.95 Å². The third kappa shape index (κ3) is 3.06. The summed E-state index contributed by atoms with van der Waals surface area (Å²) in [4.78, 5) is 14.7. The zero-order valence-electron chi connectivity index (χ0n) is 14.8. The quantitative estimate of drug-likeness (QED) is 0.539. The Kier molecular flexibility index (Phi) is 4.89. The van der Waals surface area contributed by atoms with Crippen LogP contribution in [0.5, 0.6) is 11.5 Å². The van der Waals surface area contributed by atoms with Gasteiger partial charge in [0.2, 0.25) is 12.7 Å². The Morgan fingerprint density at radius 2 is 2.04 bits per heavy atom. The number of rotatable bonds is 4. The smallest absolute Gasteiger partial charge is 0.237 e. The van der Waals surface area contributed by atoms with Crippen LogP contribution in [0.2, 0.25) is 0 Å². The first-order valence-electron chi connectivity index (χ1n) is 8.35. The van der Waals surface area contributed by atoms with Crippen molar-refractivity contribution in [2.24, 2.45) is 0 Å². The number of fused-ring (bicyclic) bond motifs is 1. The van der Waals surface area contributed by atoms with Crippen LogP contribution in [0.4, 0.5) is 5.82 Å². The molecule has 0 unspecified atom stereocenters. The molecule has 1 aromatic carbocycles. The molecule has 1 aliphatic rings. The molecule has 4 heterocycles. The fourth-order valence-corrected chi connectivity index (χ4v) is 3.80. The van der Waals surface area contributed by atoms with Gasteiger partial charge in [-0.05, 0) is 29.6 Å². The molecule has 0 saturated carbocycles. The van der Waals surface area contributed by atoms with Crippen LogP contribution in [0, 0.1) is 0 Å². The van der Waals surface area contributed by atoms with Crippen LogP contribution in [0.1, 0.15) is 0 Å². The fraction of sp³-hybridized carbons (Fsp3) is 0.105. The summed E-state index contributed by atoms with van der Waals surface area (Å²) in [6.07, 6.45) is 5.21. The van der Waals surface area contributed by atoms with E-state index >= 15 is 0 Å². The molecule has 0 amide bonds. The molecule has 4 aromatic rings. The van der Waals surface area contributed by atoms with Crippen molar-refractivity contribution in [3.05, 3.63) is 54.4 Å². The molecule has 0 bridgehead atoms. The molecule has 0 saturated heterocycles. The van der Waals surface area contributed by atoms with Crippen LogP contribution in [0.3, 0.4) is 0 Å². The lowest BCUT2D eigenvalue weighted by Gasteiger charge is -2.15. The zero-order chi connectivity index (χ0) is 18.2. The predicted octanol–water partition coefficient (Wildman–Crippen LogP) is 4.25. The molecular formula is C19H16ClN5O2S. The number of benzene rings is 1. The maximum absolute atomic E-state index is 5.56. The van der Waals surface area contributed by atoms with Gasteiger partial charge >= 0.3 is 0 Å². The molecule has 0 radical (unpaired) electrons. The Hall–Kier alpha value is -3.10. The molecule has 1 aliphatic heterocycles. The maximum Gasteiger partial charge on any atom is 0.237 e. The molecule has 7 nitrogen and oxygen atoms in total. The van der Waals surface area contributed by atoms with Crippen LogP contribution in [-0.4, -0.2) is 33.4 Å². The second kappa shape index (κ2) is 7.49. The fourth-order valence-electron chi connectivity index (χ4n) is 3.03. The summed E-state index contributed by atoms with van der Waals surface area (Å²) in [7, 11) is 1.86. The summed E-state index contributed by atoms with van der Waals surface area (Å²) in [5.41, 5.74) is 2.71. The second-order valence-corrected chi connectivity index (χ2v) is 6.81. The highest BCUT2D eigenvalue weighted by molar-refractivity contribution is 7.13. The van der Waals surface area contributed by atoms with Crippen molar-refractivity contribution >= 4 is 29.6 Å². The van der Waals surface area contributed by atoms with Crippen molar-refractivity contribution < 1.29 is 9.47 Å². The van der Waals surface area contributed by atoms with Gasteiger partial charge in [0.25, 0.3) is 0 Å². The molecular weight excluding hydrogens is 398 g/mol. The summed E-state index contributed by atoms with van der Waals surface area (Å²) in [6.45, 7) is 0.238. The first kappa shape index (κ1) is 18.3. The highest BCUT2D eigenvalue weighted by atomic mass is 35.5. The summed E-state index contributed by atoms with van der Waals surface area (Å²) < 4.78 is 12.8. The van der Waals surface area contributed by atoms with Crippen LogP contribution < -0.4 is 14.8 Å². The second-order valence-electron chi connectivity index (χ2n) is 5.86. The number of halogens is 1. The normalized spacial score (nSPS) is 11.9. The lowest BCUT2D eigenvalue weighted by molar-refractivity contribution is 0.174. The highest BCUT2D eigenvalue weighted by Gasteiger charge is 2.21. The Morgan fingerprint density at radius 1 is 1.14 bits per heavy atom. The molecule has 3 aromatic heterocycles. The number of hydrogen-bond donors (Lipinski definition) is 1. The summed E-state index contributed by atoms with van der Waals surface area (Å²) in [6, 6.07) is 9.95. The van der Waals surface area contributed by atoms with Gasteiger partial charge in [-0.15, -0.1) is 23.7 Å². The van der Waals surface area contributed by atoms with Gasteiger partial charge in [0.15, 0.2) is 11.5 Å². The Labute approximate surface area is 171 Å². The summed E-state index contributed by atoms with van der Waals surface area (Å²) in [5.74, 6) is 2.77. The molecule has 1 N–H and O–H groups in total.